The van der Waals surface area contributed by atoms with Crippen LogP contribution in [0.5, 0.6) is 0 Å². The minimum absolute atomic E-state index is 0.162. The zero-order valence-electron chi connectivity index (χ0n) is 14.4. The Hall–Kier alpha value is -0.865. The summed E-state index contributed by atoms with van der Waals surface area (Å²) < 4.78 is 12.3. The number of nitrogens with zero attached hydrogens (tertiary/aromatic N) is 1. The first-order valence-electron chi connectivity index (χ1n) is 7.90. The summed E-state index contributed by atoms with van der Waals surface area (Å²) in [6, 6.07) is 4.21. The zero-order chi connectivity index (χ0) is 15.8. The van der Waals surface area contributed by atoms with Gasteiger partial charge < -0.3 is 9.31 Å². The van der Waals surface area contributed by atoms with E-state index in [2.05, 4.69) is 59.5 Å². The number of hydrogen-bond donors (Lipinski definition) is 0. The standard InChI is InChI=1S/C17H28BNO2/c1-12(2)14(15-10-13(3)8-9-19-15)11-18-20-16(4,5)17(6,7)21-18/h8-10,12,14H,11H2,1-7H3/t14-/m1/s1. The second kappa shape index (κ2) is 5.73. The van der Waals surface area contributed by atoms with Crippen LogP contribution in [0.25, 0.3) is 0 Å². The van der Waals surface area contributed by atoms with Gasteiger partial charge in [0.05, 0.1) is 11.2 Å². The molecule has 21 heavy (non-hydrogen) atoms. The molecule has 1 atom stereocenters. The first-order chi connectivity index (χ1) is 9.62. The number of pyridine rings is 1. The van der Waals surface area contributed by atoms with Crippen molar-refractivity contribution in [1.82, 2.24) is 4.98 Å². The quantitative estimate of drug-likeness (QED) is 0.778. The van der Waals surface area contributed by atoms with Crippen LogP contribution in [0.2, 0.25) is 6.32 Å². The van der Waals surface area contributed by atoms with Crippen molar-refractivity contribution in [2.75, 3.05) is 0 Å². The third kappa shape index (κ3) is 3.49. The lowest BCUT2D eigenvalue weighted by atomic mass is 9.72. The molecule has 2 rings (SSSR count). The van der Waals surface area contributed by atoms with Gasteiger partial charge in [-0.2, -0.15) is 0 Å². The van der Waals surface area contributed by atoms with Crippen molar-refractivity contribution in [2.24, 2.45) is 5.92 Å². The van der Waals surface area contributed by atoms with Crippen LogP contribution < -0.4 is 0 Å². The van der Waals surface area contributed by atoms with Gasteiger partial charge in [0, 0.05) is 17.8 Å². The Kier molecular flexibility index (Phi) is 4.50. The summed E-state index contributed by atoms with van der Waals surface area (Å²) in [7, 11) is -0.162. The van der Waals surface area contributed by atoms with E-state index in [4.69, 9.17) is 9.31 Å². The van der Waals surface area contributed by atoms with E-state index >= 15 is 0 Å². The predicted molar refractivity (Wildman–Crippen MR) is 87.4 cm³/mol. The molecule has 0 aromatic carbocycles. The zero-order valence-corrected chi connectivity index (χ0v) is 14.4. The fourth-order valence-corrected chi connectivity index (χ4v) is 2.77. The molecule has 1 fully saturated rings. The van der Waals surface area contributed by atoms with E-state index in [-0.39, 0.29) is 18.3 Å². The van der Waals surface area contributed by atoms with E-state index in [0.29, 0.717) is 11.8 Å². The molecule has 0 amide bonds. The molecule has 1 saturated heterocycles. The number of aryl methyl sites for hydroxylation is 1. The van der Waals surface area contributed by atoms with E-state index in [9.17, 15) is 0 Å². The van der Waals surface area contributed by atoms with Gasteiger partial charge in [-0.25, -0.2) is 0 Å². The van der Waals surface area contributed by atoms with Gasteiger partial charge in [0.1, 0.15) is 0 Å². The first kappa shape index (κ1) is 16.5. The first-order valence-corrected chi connectivity index (χ1v) is 7.90. The minimum Gasteiger partial charge on any atom is -0.403 e. The fourth-order valence-electron chi connectivity index (χ4n) is 2.77. The monoisotopic (exact) mass is 289 g/mol. The molecule has 0 aliphatic carbocycles. The average molecular weight is 289 g/mol. The van der Waals surface area contributed by atoms with Crippen molar-refractivity contribution in [3.05, 3.63) is 29.6 Å². The molecule has 0 saturated carbocycles. The second-order valence-electron chi connectivity index (χ2n) is 7.53. The van der Waals surface area contributed by atoms with Gasteiger partial charge in [0.15, 0.2) is 0 Å². The van der Waals surface area contributed by atoms with Gasteiger partial charge >= 0.3 is 7.12 Å². The van der Waals surface area contributed by atoms with Crippen LogP contribution in [0.15, 0.2) is 18.3 Å². The van der Waals surface area contributed by atoms with Crippen LogP contribution >= 0.6 is 0 Å². The third-order valence-corrected chi connectivity index (χ3v) is 4.87. The van der Waals surface area contributed by atoms with Crippen molar-refractivity contribution >= 4 is 7.12 Å². The Bertz CT molecular complexity index is 483. The normalized spacial score (nSPS) is 21.8. The van der Waals surface area contributed by atoms with Gasteiger partial charge in [-0.05, 0) is 64.6 Å². The van der Waals surface area contributed by atoms with E-state index < -0.39 is 0 Å². The molecular formula is C17H28BNO2. The molecule has 0 radical (unpaired) electrons. The SMILES string of the molecule is Cc1ccnc([C@H](CB2OC(C)(C)C(C)(C)O2)C(C)C)c1. The van der Waals surface area contributed by atoms with E-state index in [0.717, 1.165) is 12.0 Å². The molecule has 0 bridgehead atoms. The maximum absolute atomic E-state index is 6.15. The minimum atomic E-state index is -0.265. The van der Waals surface area contributed by atoms with E-state index in [1.165, 1.54) is 5.56 Å². The summed E-state index contributed by atoms with van der Waals surface area (Å²) in [5.41, 5.74) is 1.86. The van der Waals surface area contributed by atoms with Crippen molar-refractivity contribution in [1.29, 1.82) is 0 Å². The maximum atomic E-state index is 6.15. The van der Waals surface area contributed by atoms with Crippen molar-refractivity contribution < 1.29 is 9.31 Å². The Balaban J connectivity index is 2.16. The summed E-state index contributed by atoms with van der Waals surface area (Å²) in [5, 5.41) is 0. The Morgan fingerprint density at radius 1 is 1.14 bits per heavy atom. The van der Waals surface area contributed by atoms with Gasteiger partial charge in [-0.3, -0.25) is 4.98 Å². The molecule has 4 heteroatoms. The van der Waals surface area contributed by atoms with Crippen LogP contribution in [0.4, 0.5) is 0 Å². The van der Waals surface area contributed by atoms with Gasteiger partial charge in [-0.15, -0.1) is 0 Å². The highest BCUT2D eigenvalue weighted by molar-refractivity contribution is 6.45. The Labute approximate surface area is 129 Å². The van der Waals surface area contributed by atoms with Gasteiger partial charge in [-0.1, -0.05) is 13.8 Å². The van der Waals surface area contributed by atoms with E-state index in [1.807, 2.05) is 12.3 Å². The topological polar surface area (TPSA) is 31.4 Å². The average Bonchev–Trinajstić information content (AvgIpc) is 2.54. The number of aromatic nitrogens is 1. The van der Waals surface area contributed by atoms with Gasteiger partial charge in [0.2, 0.25) is 0 Å². The highest BCUT2D eigenvalue weighted by Crippen LogP contribution is 2.40. The summed E-state index contributed by atoms with van der Waals surface area (Å²) in [6.45, 7) is 15.0. The molecule has 3 nitrogen and oxygen atoms in total. The molecule has 0 unspecified atom stereocenters. The molecule has 116 valence electrons. The summed E-state index contributed by atoms with van der Waals surface area (Å²) in [4.78, 5) is 4.56. The van der Waals surface area contributed by atoms with Crippen LogP contribution in [0.1, 0.15) is 58.7 Å². The number of hydrogen-bond acceptors (Lipinski definition) is 3. The largest absolute Gasteiger partial charge is 0.458 e. The summed E-state index contributed by atoms with van der Waals surface area (Å²) >= 11 is 0. The second-order valence-corrected chi connectivity index (χ2v) is 7.53. The van der Waals surface area contributed by atoms with Crippen LogP contribution in [0.3, 0.4) is 0 Å². The lowest BCUT2D eigenvalue weighted by molar-refractivity contribution is 0.00578. The lowest BCUT2D eigenvalue weighted by Gasteiger charge is -2.32. The molecule has 1 aliphatic heterocycles. The molecule has 0 N–H and O–H groups in total. The molecule has 1 aromatic rings. The van der Waals surface area contributed by atoms with Crippen LogP contribution in [-0.4, -0.2) is 23.3 Å². The fraction of sp³-hybridized carbons (Fsp3) is 0.706. The molecule has 1 aromatic heterocycles. The summed E-state index contributed by atoms with van der Waals surface area (Å²) in [6.07, 6.45) is 2.74. The van der Waals surface area contributed by atoms with Crippen LogP contribution in [0, 0.1) is 12.8 Å². The molecule has 2 heterocycles. The van der Waals surface area contributed by atoms with Crippen molar-refractivity contribution in [3.8, 4) is 0 Å². The Morgan fingerprint density at radius 3 is 2.19 bits per heavy atom. The maximum Gasteiger partial charge on any atom is 0.458 e. The third-order valence-electron chi connectivity index (χ3n) is 4.87. The predicted octanol–water partition coefficient (Wildman–Crippen LogP) is 4.22. The highest BCUT2D eigenvalue weighted by Gasteiger charge is 2.51. The summed E-state index contributed by atoms with van der Waals surface area (Å²) in [5.74, 6) is 0.845. The van der Waals surface area contributed by atoms with Crippen molar-refractivity contribution in [3.63, 3.8) is 0 Å². The van der Waals surface area contributed by atoms with E-state index in [1.54, 1.807) is 0 Å². The molecular weight excluding hydrogens is 261 g/mol. The van der Waals surface area contributed by atoms with Gasteiger partial charge in [0.25, 0.3) is 0 Å². The van der Waals surface area contributed by atoms with Crippen molar-refractivity contribution in [2.45, 2.75) is 71.9 Å². The smallest absolute Gasteiger partial charge is 0.403 e. The Morgan fingerprint density at radius 2 is 1.71 bits per heavy atom. The van der Waals surface area contributed by atoms with Crippen LogP contribution in [-0.2, 0) is 9.31 Å². The highest BCUT2D eigenvalue weighted by atomic mass is 16.7. The lowest BCUT2D eigenvalue weighted by Crippen LogP contribution is -2.41. The number of rotatable bonds is 4. The molecule has 0 spiro atoms. The molecule has 1 aliphatic rings.